The average molecular weight is 1120 g/mol. The van der Waals surface area contributed by atoms with Crippen LogP contribution >= 0.6 is 0 Å². The Morgan fingerprint density at radius 1 is 0.436 bits per heavy atom. The van der Waals surface area contributed by atoms with Crippen LogP contribution < -0.4 is 18.9 Å². The number of ether oxygens (including phenoxy) is 5. The monoisotopic (exact) mass is 1120 g/mol. The molecule has 0 amide bonds. The molecule has 0 unspecified atom stereocenters. The molecule has 0 bridgehead atoms. The van der Waals surface area contributed by atoms with E-state index in [4.69, 9.17) is 23.7 Å². The summed E-state index contributed by atoms with van der Waals surface area (Å²) in [4.78, 5) is 0.932. The van der Waals surface area contributed by atoms with Gasteiger partial charge in [-0.05, 0) is 169 Å². The number of sulfone groups is 2. The van der Waals surface area contributed by atoms with Crippen molar-refractivity contribution in [3.8, 4) is 23.0 Å². The SMILES string of the molecule is CCCCOc1ccc(C(C)C)cc1C.CCS(=O)(=O)c1ccc(C(C)C)cc1C.COCCOc1ccc(C(C)C)cc1OC.Cc1cc(C(C)C)ccc1OCC(C)(C)C.Cc1cc(C(C)C)ccc1S(=O)(=O)C(C)C. The topological polar surface area (TPSA) is 114 Å². The van der Waals surface area contributed by atoms with Gasteiger partial charge in [-0.25, -0.2) is 16.8 Å². The zero-order chi connectivity index (χ0) is 59.7. The van der Waals surface area contributed by atoms with Crippen molar-refractivity contribution in [1.82, 2.24) is 0 Å². The van der Waals surface area contributed by atoms with Gasteiger partial charge in [-0.15, -0.1) is 0 Å². The van der Waals surface area contributed by atoms with Gasteiger partial charge in [-0.2, -0.15) is 0 Å². The van der Waals surface area contributed by atoms with Crippen LogP contribution in [0.1, 0.15) is 210 Å². The Bertz CT molecular complexity index is 2760. The van der Waals surface area contributed by atoms with Crippen molar-refractivity contribution in [2.24, 2.45) is 5.41 Å². The summed E-state index contributed by atoms with van der Waals surface area (Å²) in [5.74, 6) is 6.27. The van der Waals surface area contributed by atoms with Crippen molar-refractivity contribution in [2.75, 3.05) is 46.4 Å². The lowest BCUT2D eigenvalue weighted by molar-refractivity contribution is 0.144. The van der Waals surface area contributed by atoms with Crippen LogP contribution in [0, 0.1) is 33.1 Å². The number of unbranched alkanes of at least 4 members (excludes halogenated alkanes) is 1. The third kappa shape index (κ3) is 24.7. The van der Waals surface area contributed by atoms with Crippen LogP contribution in [0.3, 0.4) is 0 Å². The van der Waals surface area contributed by atoms with Crippen LogP contribution in [0.25, 0.3) is 0 Å². The van der Waals surface area contributed by atoms with Crippen molar-refractivity contribution in [2.45, 2.75) is 203 Å². The van der Waals surface area contributed by atoms with Crippen molar-refractivity contribution in [3.05, 3.63) is 141 Å². The minimum atomic E-state index is -3.15. The highest BCUT2D eigenvalue weighted by atomic mass is 32.2. The summed E-state index contributed by atoms with van der Waals surface area (Å²) < 4.78 is 74.8. The summed E-state index contributed by atoms with van der Waals surface area (Å²) in [6, 6.07) is 30.2. The Balaban J connectivity index is 0.000000488. The van der Waals surface area contributed by atoms with Gasteiger partial charge in [-0.1, -0.05) is 165 Å². The Kier molecular flexibility index (Phi) is 31.3. The van der Waals surface area contributed by atoms with Gasteiger partial charge in [0.2, 0.25) is 0 Å². The Hall–Kier alpha value is -4.84. The predicted molar refractivity (Wildman–Crippen MR) is 331 cm³/mol. The second kappa shape index (κ2) is 34.3. The maximum absolute atomic E-state index is 12.0. The lowest BCUT2D eigenvalue weighted by Crippen LogP contribution is -2.17. The number of methoxy groups -OCH3 is 2. The van der Waals surface area contributed by atoms with Gasteiger partial charge in [-0.3, -0.25) is 0 Å². The van der Waals surface area contributed by atoms with Crippen molar-refractivity contribution in [3.63, 3.8) is 0 Å². The van der Waals surface area contributed by atoms with E-state index in [9.17, 15) is 16.8 Å². The molecule has 0 aliphatic heterocycles. The molecule has 11 heteroatoms. The maximum atomic E-state index is 12.0. The normalized spacial score (nSPS) is 11.6. The number of hydrogen-bond donors (Lipinski definition) is 0. The second-order valence-corrected chi connectivity index (χ2v) is 27.9. The highest BCUT2D eigenvalue weighted by molar-refractivity contribution is 7.92. The molecule has 0 spiro atoms. The van der Waals surface area contributed by atoms with Crippen molar-refractivity contribution >= 4 is 19.7 Å². The number of rotatable bonds is 20. The van der Waals surface area contributed by atoms with Gasteiger partial charge < -0.3 is 23.7 Å². The van der Waals surface area contributed by atoms with E-state index in [1.54, 1.807) is 47.1 Å². The molecule has 5 aromatic rings. The van der Waals surface area contributed by atoms with E-state index in [1.165, 1.54) is 45.4 Å². The average Bonchev–Trinajstić information content (AvgIpc) is 3.36. The molecule has 5 aromatic carbocycles. The van der Waals surface area contributed by atoms with Crippen LogP contribution in [-0.2, 0) is 24.4 Å². The maximum Gasteiger partial charge on any atom is 0.180 e. The van der Waals surface area contributed by atoms with E-state index in [1.807, 2.05) is 50.2 Å². The van der Waals surface area contributed by atoms with E-state index < -0.39 is 19.7 Å². The van der Waals surface area contributed by atoms with Gasteiger partial charge in [0.1, 0.15) is 18.1 Å². The zero-order valence-electron chi connectivity index (χ0n) is 52.6. The van der Waals surface area contributed by atoms with Crippen LogP contribution in [0.4, 0.5) is 0 Å². The Labute approximate surface area is 476 Å². The molecular formula is C67H104O9S2. The van der Waals surface area contributed by atoms with Gasteiger partial charge in [0.15, 0.2) is 31.2 Å². The smallest absolute Gasteiger partial charge is 0.180 e. The molecule has 0 aromatic heterocycles. The van der Waals surface area contributed by atoms with Crippen molar-refractivity contribution in [1.29, 1.82) is 0 Å². The van der Waals surface area contributed by atoms with E-state index in [0.717, 1.165) is 53.8 Å². The molecule has 0 aliphatic carbocycles. The third-order valence-electron chi connectivity index (χ3n) is 12.9. The molecule has 5 rings (SSSR count). The lowest BCUT2D eigenvalue weighted by Gasteiger charge is -2.20. The molecule has 0 saturated heterocycles. The first-order chi connectivity index (χ1) is 36.3. The molecule has 0 fully saturated rings. The molecule has 9 nitrogen and oxygen atoms in total. The molecule has 78 heavy (non-hydrogen) atoms. The first-order valence-electron chi connectivity index (χ1n) is 28.2. The summed E-state index contributed by atoms with van der Waals surface area (Å²) in [5, 5.41) is -0.365. The Morgan fingerprint density at radius 2 is 0.808 bits per heavy atom. The molecule has 0 radical (unpaired) electrons. The van der Waals surface area contributed by atoms with E-state index in [0.29, 0.717) is 52.6 Å². The largest absolute Gasteiger partial charge is 0.493 e. The van der Waals surface area contributed by atoms with E-state index >= 15 is 0 Å². The summed E-state index contributed by atoms with van der Waals surface area (Å²) in [6.07, 6.45) is 2.31. The van der Waals surface area contributed by atoms with Gasteiger partial charge in [0.05, 0.1) is 47.7 Å². The zero-order valence-corrected chi connectivity index (χ0v) is 54.2. The highest BCUT2D eigenvalue weighted by Gasteiger charge is 2.22. The highest BCUT2D eigenvalue weighted by Crippen LogP contribution is 2.32. The fraction of sp³-hybridized carbons (Fsp3) is 0.552. The Morgan fingerprint density at radius 3 is 1.15 bits per heavy atom. The third-order valence-corrected chi connectivity index (χ3v) is 17.1. The fourth-order valence-electron chi connectivity index (χ4n) is 7.55. The lowest BCUT2D eigenvalue weighted by atomic mass is 9.98. The first kappa shape index (κ1) is 71.2. The molecule has 0 atom stereocenters. The second-order valence-electron chi connectivity index (χ2n) is 23.2. The van der Waals surface area contributed by atoms with Crippen LogP contribution in [0.5, 0.6) is 23.0 Å². The summed E-state index contributed by atoms with van der Waals surface area (Å²) in [7, 11) is -2.91. The molecular weight excluding hydrogens is 1010 g/mol. The van der Waals surface area contributed by atoms with Gasteiger partial charge >= 0.3 is 0 Å². The van der Waals surface area contributed by atoms with Gasteiger partial charge in [0.25, 0.3) is 0 Å². The van der Waals surface area contributed by atoms with E-state index in [-0.39, 0.29) is 16.4 Å². The fourth-order valence-corrected chi connectivity index (χ4v) is 9.96. The number of benzene rings is 5. The summed E-state index contributed by atoms with van der Waals surface area (Å²) in [5.41, 5.74) is 10.8. The molecule has 0 heterocycles. The van der Waals surface area contributed by atoms with E-state index in [2.05, 4.69) is 153 Å². The molecule has 0 aliphatic rings. The number of aryl methyl sites for hydroxylation is 4. The minimum Gasteiger partial charge on any atom is -0.493 e. The summed E-state index contributed by atoms with van der Waals surface area (Å²) >= 11 is 0. The van der Waals surface area contributed by atoms with Crippen LogP contribution in [0.15, 0.2) is 101 Å². The molecule has 0 saturated carbocycles. The quantitative estimate of drug-likeness (QED) is 0.0703. The molecule has 0 N–H and O–H groups in total. The number of hydrogen-bond acceptors (Lipinski definition) is 9. The van der Waals surface area contributed by atoms with Crippen molar-refractivity contribution < 1.29 is 40.5 Å². The van der Waals surface area contributed by atoms with Crippen LogP contribution in [0.2, 0.25) is 0 Å². The first-order valence-corrected chi connectivity index (χ1v) is 31.4. The standard InChI is InChI=1S/C15H24O.C14H22O.C13H20O3.C13H20O2S.C12H18O2S/c1-11(2)13-7-8-14(12(3)9-13)16-10-15(4,5)6;1-5-6-9-15-14-8-7-13(11(2)3)10-12(14)4;1-10(2)11-5-6-12(13(9-11)15-4)16-8-7-14-3;1-9(2)12-6-7-13(11(5)8-12)16(14,15)10(3)4;1-5-15(13,14)12-7-6-11(9(2)3)8-10(12)4/h7-9,11H,10H2,1-6H3;7-8,10-11H,5-6,9H2,1-4H3;5-6,9-10H,7-8H2,1-4H3;6-10H,1-5H3;6-9H,5H2,1-4H3. The minimum absolute atomic E-state index is 0.162. The predicted octanol–water partition coefficient (Wildman–Crippen LogP) is 17.9. The molecule has 438 valence electrons. The summed E-state index contributed by atoms with van der Waals surface area (Å²) in [6.45, 7) is 46.1. The van der Waals surface area contributed by atoms with Crippen LogP contribution in [-0.4, -0.2) is 68.5 Å². The van der Waals surface area contributed by atoms with Gasteiger partial charge in [0, 0.05) is 7.11 Å².